The average molecular weight is 393 g/mol. The Bertz CT molecular complexity index is 1020. The van der Waals surface area contributed by atoms with Gasteiger partial charge in [0.1, 0.15) is 16.8 Å². The van der Waals surface area contributed by atoms with Crippen LogP contribution >= 0.6 is 11.3 Å². The Morgan fingerprint density at radius 3 is 2.54 bits per heavy atom. The summed E-state index contributed by atoms with van der Waals surface area (Å²) >= 11 is 1.13. The van der Waals surface area contributed by atoms with Gasteiger partial charge in [-0.3, -0.25) is 24.3 Å². The van der Waals surface area contributed by atoms with Crippen molar-refractivity contribution >= 4 is 27.1 Å². The first-order valence-corrected chi connectivity index (χ1v) is 9.37. The Hall–Kier alpha value is -2.83. The number of rotatable bonds is 6. The highest BCUT2D eigenvalue weighted by Crippen LogP contribution is 2.29. The van der Waals surface area contributed by atoms with Gasteiger partial charge in [-0.25, -0.2) is 0 Å². The van der Waals surface area contributed by atoms with E-state index >= 15 is 0 Å². The summed E-state index contributed by atoms with van der Waals surface area (Å²) in [5.41, 5.74) is 0.302. The van der Waals surface area contributed by atoms with Gasteiger partial charge in [-0.1, -0.05) is 11.3 Å². The second-order valence-corrected chi connectivity index (χ2v) is 7.56. The number of hydrogen-bond acceptors (Lipinski definition) is 10. The fourth-order valence-electron chi connectivity index (χ4n) is 1.93. The number of nitrogens with zero attached hydrogens (tertiary/aromatic N) is 5. The van der Waals surface area contributed by atoms with Crippen molar-refractivity contribution in [1.82, 2.24) is 20.2 Å². The van der Waals surface area contributed by atoms with E-state index in [4.69, 9.17) is 4.18 Å². The van der Waals surface area contributed by atoms with E-state index < -0.39 is 21.1 Å². The highest BCUT2D eigenvalue weighted by Gasteiger charge is 2.24. The van der Waals surface area contributed by atoms with Crippen LogP contribution in [0.3, 0.4) is 0 Å². The van der Waals surface area contributed by atoms with Crippen molar-refractivity contribution in [3.8, 4) is 10.7 Å². The van der Waals surface area contributed by atoms with Crippen LogP contribution in [0.15, 0.2) is 47.8 Å². The zero-order valence-electron chi connectivity index (χ0n) is 13.2. The molecule has 0 spiro atoms. The molecule has 0 aliphatic heterocycles. The van der Waals surface area contributed by atoms with Crippen LogP contribution in [0.2, 0.25) is 0 Å². The van der Waals surface area contributed by atoms with E-state index in [2.05, 4.69) is 20.2 Å². The second-order valence-electron chi connectivity index (χ2n) is 4.98. The van der Waals surface area contributed by atoms with Crippen molar-refractivity contribution < 1.29 is 17.5 Å². The molecule has 0 bridgehead atoms. The van der Waals surface area contributed by atoms with E-state index in [9.17, 15) is 18.5 Å². The predicted molar refractivity (Wildman–Crippen MR) is 90.7 cm³/mol. The maximum Gasteiger partial charge on any atom is 0.297 e. The van der Waals surface area contributed by atoms with Crippen molar-refractivity contribution in [2.24, 2.45) is 0 Å². The average Bonchev–Trinajstić information content (AvgIpc) is 3.12. The molecule has 0 unspecified atom stereocenters. The molecule has 1 atom stereocenters. The van der Waals surface area contributed by atoms with E-state index in [0.29, 0.717) is 15.7 Å². The lowest BCUT2D eigenvalue weighted by molar-refractivity contribution is -0.384. The minimum absolute atomic E-state index is 0.186. The summed E-state index contributed by atoms with van der Waals surface area (Å²) in [6.45, 7) is 1.52. The van der Waals surface area contributed by atoms with Gasteiger partial charge in [0.2, 0.25) is 0 Å². The van der Waals surface area contributed by atoms with Gasteiger partial charge in [-0.05, 0) is 19.1 Å². The summed E-state index contributed by atoms with van der Waals surface area (Å²) in [5, 5.41) is 19.4. The molecule has 0 saturated heterocycles. The maximum atomic E-state index is 12.3. The molecular weight excluding hydrogens is 382 g/mol. The molecule has 0 aliphatic carbocycles. The molecule has 134 valence electrons. The number of benzene rings is 1. The first-order chi connectivity index (χ1) is 12.4. The summed E-state index contributed by atoms with van der Waals surface area (Å²) in [4.78, 5) is 17.9. The van der Waals surface area contributed by atoms with Gasteiger partial charge in [0, 0.05) is 24.5 Å². The molecule has 0 amide bonds. The summed E-state index contributed by atoms with van der Waals surface area (Å²) in [5.74, 6) is 0. The largest absolute Gasteiger partial charge is 0.297 e. The van der Waals surface area contributed by atoms with Crippen LogP contribution in [0.25, 0.3) is 10.7 Å². The number of non-ortho nitro benzene ring substituents is 1. The zero-order chi connectivity index (χ0) is 18.7. The minimum atomic E-state index is -4.12. The molecule has 3 rings (SSSR count). The molecule has 26 heavy (non-hydrogen) atoms. The third-order valence-corrected chi connectivity index (χ3v) is 5.68. The Morgan fingerprint density at radius 2 is 1.92 bits per heavy atom. The van der Waals surface area contributed by atoms with Gasteiger partial charge in [0.25, 0.3) is 15.8 Å². The first kappa shape index (κ1) is 18.0. The minimum Gasteiger partial charge on any atom is -0.261 e. The molecule has 1 aromatic carbocycles. The van der Waals surface area contributed by atoms with Crippen molar-refractivity contribution in [3.05, 3.63) is 58.0 Å². The smallest absolute Gasteiger partial charge is 0.261 e. The summed E-state index contributed by atoms with van der Waals surface area (Å²) in [6, 6.07) is 4.42. The number of nitro groups is 1. The van der Waals surface area contributed by atoms with Gasteiger partial charge in [-0.15, -0.1) is 10.2 Å². The van der Waals surface area contributed by atoms with Gasteiger partial charge in [-0.2, -0.15) is 8.42 Å². The Balaban J connectivity index is 1.77. The molecule has 0 saturated carbocycles. The van der Waals surface area contributed by atoms with Crippen LogP contribution in [0.5, 0.6) is 0 Å². The van der Waals surface area contributed by atoms with E-state index in [1.165, 1.54) is 25.5 Å². The molecular formula is C14H11N5O5S2. The second kappa shape index (κ2) is 7.19. The first-order valence-electron chi connectivity index (χ1n) is 7.14. The molecule has 10 nitrogen and oxygen atoms in total. The summed E-state index contributed by atoms with van der Waals surface area (Å²) in [7, 11) is -4.12. The third kappa shape index (κ3) is 3.87. The topological polar surface area (TPSA) is 138 Å². The van der Waals surface area contributed by atoms with Crippen LogP contribution < -0.4 is 0 Å². The normalized spacial score (nSPS) is 12.7. The summed E-state index contributed by atoms with van der Waals surface area (Å²) < 4.78 is 29.8. The molecule has 0 radical (unpaired) electrons. The SMILES string of the molecule is C[C@@H](OS(=O)(=O)c1ccc([N+](=O)[O-])cc1)c1nnc(-c2cnccn2)s1. The van der Waals surface area contributed by atoms with E-state index in [0.717, 1.165) is 35.6 Å². The zero-order valence-corrected chi connectivity index (χ0v) is 14.8. The monoisotopic (exact) mass is 393 g/mol. The Labute approximate surface area is 151 Å². The summed E-state index contributed by atoms with van der Waals surface area (Å²) in [6.07, 6.45) is 3.66. The Kier molecular flexibility index (Phi) is 4.97. The molecule has 2 aromatic heterocycles. The van der Waals surface area contributed by atoms with Crippen LogP contribution in [-0.2, 0) is 14.3 Å². The fraction of sp³-hybridized carbons (Fsp3) is 0.143. The van der Waals surface area contributed by atoms with E-state index in [-0.39, 0.29) is 10.6 Å². The van der Waals surface area contributed by atoms with Crippen LogP contribution in [0.4, 0.5) is 5.69 Å². The van der Waals surface area contributed by atoms with Crippen LogP contribution in [-0.4, -0.2) is 33.5 Å². The molecule has 0 aliphatic rings. The highest BCUT2D eigenvalue weighted by molar-refractivity contribution is 7.86. The number of aromatic nitrogens is 4. The van der Waals surface area contributed by atoms with Crippen molar-refractivity contribution in [2.75, 3.05) is 0 Å². The molecule has 3 aromatic rings. The predicted octanol–water partition coefficient (Wildman–Crippen LogP) is 2.37. The van der Waals surface area contributed by atoms with Crippen LogP contribution in [0, 0.1) is 10.1 Å². The van der Waals surface area contributed by atoms with Gasteiger partial charge in [0.15, 0.2) is 5.01 Å². The Morgan fingerprint density at radius 1 is 1.19 bits per heavy atom. The van der Waals surface area contributed by atoms with E-state index in [1.807, 2.05) is 0 Å². The van der Waals surface area contributed by atoms with Crippen LogP contribution in [0.1, 0.15) is 18.0 Å². The quantitative estimate of drug-likeness (QED) is 0.351. The number of hydrogen-bond donors (Lipinski definition) is 0. The highest BCUT2D eigenvalue weighted by atomic mass is 32.2. The van der Waals surface area contributed by atoms with Gasteiger partial charge >= 0.3 is 0 Å². The fourth-order valence-corrected chi connectivity index (χ4v) is 3.83. The lowest BCUT2D eigenvalue weighted by Gasteiger charge is -2.10. The van der Waals surface area contributed by atoms with Crippen molar-refractivity contribution in [1.29, 1.82) is 0 Å². The molecule has 12 heteroatoms. The van der Waals surface area contributed by atoms with Crippen molar-refractivity contribution in [3.63, 3.8) is 0 Å². The van der Waals surface area contributed by atoms with Gasteiger partial charge < -0.3 is 0 Å². The third-order valence-electron chi connectivity index (χ3n) is 3.18. The van der Waals surface area contributed by atoms with Gasteiger partial charge in [0.05, 0.1) is 16.0 Å². The standard InChI is InChI=1S/C14H11N5O5S2/c1-9(13-17-18-14(25-13)12-8-15-6-7-16-12)24-26(22,23)11-4-2-10(3-5-11)19(20)21/h2-9H,1H3/t9-/m1/s1. The molecule has 0 N–H and O–H groups in total. The number of nitro benzene ring substituents is 1. The van der Waals surface area contributed by atoms with Crippen molar-refractivity contribution in [2.45, 2.75) is 17.9 Å². The lowest BCUT2D eigenvalue weighted by atomic mass is 10.3. The lowest BCUT2D eigenvalue weighted by Crippen LogP contribution is -2.10. The maximum absolute atomic E-state index is 12.3. The van der Waals surface area contributed by atoms with E-state index in [1.54, 1.807) is 0 Å². The molecule has 2 heterocycles. The molecule has 0 fully saturated rings.